The molecule has 3 nitrogen and oxygen atoms in total. The van der Waals surface area contributed by atoms with Gasteiger partial charge in [0.2, 0.25) is 5.91 Å². The minimum Gasteiger partial charge on any atom is -0.325 e. The SMILES string of the molecule is Cc1ccc(C(N)c2cc3c(cc2Cl)NC(=O)C3)cc1Br. The zero-order chi connectivity index (χ0) is 15.1. The number of aryl methyl sites for hydroxylation is 1. The van der Waals surface area contributed by atoms with Gasteiger partial charge < -0.3 is 11.1 Å². The van der Waals surface area contributed by atoms with E-state index in [1.165, 1.54) is 0 Å². The fourth-order valence-electron chi connectivity index (χ4n) is 2.49. The van der Waals surface area contributed by atoms with E-state index in [1.54, 1.807) is 6.07 Å². The van der Waals surface area contributed by atoms with Gasteiger partial charge in [-0.25, -0.2) is 0 Å². The van der Waals surface area contributed by atoms with E-state index >= 15 is 0 Å². The maximum atomic E-state index is 11.5. The van der Waals surface area contributed by atoms with Crippen LogP contribution < -0.4 is 11.1 Å². The quantitative estimate of drug-likeness (QED) is 0.846. The zero-order valence-corrected chi connectivity index (χ0v) is 13.8. The van der Waals surface area contributed by atoms with Gasteiger partial charge in [-0.05, 0) is 47.4 Å². The van der Waals surface area contributed by atoms with Crippen LogP contribution in [0, 0.1) is 6.92 Å². The maximum absolute atomic E-state index is 11.5. The Morgan fingerprint density at radius 1 is 1.33 bits per heavy atom. The Bertz CT molecular complexity index is 745. The van der Waals surface area contributed by atoms with Crippen LogP contribution in [0.3, 0.4) is 0 Å². The van der Waals surface area contributed by atoms with Crippen LogP contribution in [0.25, 0.3) is 0 Å². The normalized spacial score (nSPS) is 14.8. The lowest BCUT2D eigenvalue weighted by Crippen LogP contribution is -2.13. The van der Waals surface area contributed by atoms with E-state index in [1.807, 2.05) is 31.2 Å². The Morgan fingerprint density at radius 2 is 2.10 bits per heavy atom. The third-order valence-corrected chi connectivity index (χ3v) is 4.92. The van der Waals surface area contributed by atoms with Crippen LogP contribution in [0.2, 0.25) is 5.02 Å². The van der Waals surface area contributed by atoms with Gasteiger partial charge in [0.25, 0.3) is 0 Å². The summed E-state index contributed by atoms with van der Waals surface area (Å²) in [5, 5.41) is 3.36. The van der Waals surface area contributed by atoms with E-state index in [0.29, 0.717) is 11.4 Å². The van der Waals surface area contributed by atoms with Crippen molar-refractivity contribution in [3.63, 3.8) is 0 Å². The van der Waals surface area contributed by atoms with Gasteiger partial charge in [-0.1, -0.05) is 39.7 Å². The van der Waals surface area contributed by atoms with Gasteiger partial charge in [-0.3, -0.25) is 4.79 Å². The van der Waals surface area contributed by atoms with Gasteiger partial charge in [0.15, 0.2) is 0 Å². The lowest BCUT2D eigenvalue weighted by atomic mass is 9.96. The average Bonchev–Trinajstić information content (AvgIpc) is 2.79. The highest BCUT2D eigenvalue weighted by atomic mass is 79.9. The molecule has 108 valence electrons. The summed E-state index contributed by atoms with van der Waals surface area (Å²) >= 11 is 9.85. The first-order valence-corrected chi connectivity index (χ1v) is 7.76. The molecule has 2 aromatic carbocycles. The number of anilines is 1. The Hall–Kier alpha value is -1.36. The molecule has 0 saturated heterocycles. The highest BCUT2D eigenvalue weighted by molar-refractivity contribution is 9.10. The van der Waals surface area contributed by atoms with E-state index in [-0.39, 0.29) is 11.9 Å². The second-order valence-electron chi connectivity index (χ2n) is 5.24. The Balaban J connectivity index is 2.02. The van der Waals surface area contributed by atoms with Crippen molar-refractivity contribution < 1.29 is 4.79 Å². The fourth-order valence-corrected chi connectivity index (χ4v) is 3.17. The van der Waals surface area contributed by atoms with Crippen LogP contribution in [-0.4, -0.2) is 5.91 Å². The van der Waals surface area contributed by atoms with Crippen molar-refractivity contribution in [2.45, 2.75) is 19.4 Å². The summed E-state index contributed by atoms with van der Waals surface area (Å²) in [5.74, 6) is -0.00938. The molecule has 0 fully saturated rings. The molecule has 1 amide bonds. The van der Waals surface area contributed by atoms with Gasteiger partial charge in [0.05, 0.1) is 12.5 Å². The summed E-state index contributed by atoms with van der Waals surface area (Å²) in [6.07, 6.45) is 0.379. The molecule has 3 rings (SSSR count). The molecule has 0 saturated carbocycles. The number of halogens is 2. The summed E-state index contributed by atoms with van der Waals surface area (Å²) in [5.41, 5.74) is 11.1. The molecule has 0 radical (unpaired) electrons. The monoisotopic (exact) mass is 364 g/mol. The van der Waals surface area contributed by atoms with Crippen molar-refractivity contribution in [3.05, 3.63) is 62.1 Å². The second-order valence-corrected chi connectivity index (χ2v) is 6.50. The van der Waals surface area contributed by atoms with E-state index in [0.717, 1.165) is 32.4 Å². The predicted molar refractivity (Wildman–Crippen MR) is 88.7 cm³/mol. The van der Waals surface area contributed by atoms with Crippen LogP contribution in [0.15, 0.2) is 34.8 Å². The van der Waals surface area contributed by atoms with Crippen LogP contribution in [-0.2, 0) is 11.2 Å². The third-order valence-electron chi connectivity index (χ3n) is 3.74. The molecule has 0 bridgehead atoms. The second kappa shape index (κ2) is 5.44. The van der Waals surface area contributed by atoms with E-state index in [2.05, 4.69) is 21.2 Å². The number of benzene rings is 2. The van der Waals surface area contributed by atoms with E-state index in [9.17, 15) is 4.79 Å². The summed E-state index contributed by atoms with van der Waals surface area (Å²) in [6, 6.07) is 9.40. The summed E-state index contributed by atoms with van der Waals surface area (Å²) in [6.45, 7) is 2.03. The number of amides is 1. The first-order valence-electron chi connectivity index (χ1n) is 6.59. The summed E-state index contributed by atoms with van der Waals surface area (Å²) < 4.78 is 1.02. The number of nitrogens with one attached hydrogen (secondary N) is 1. The largest absolute Gasteiger partial charge is 0.325 e. The molecule has 1 atom stereocenters. The van der Waals surface area contributed by atoms with E-state index in [4.69, 9.17) is 17.3 Å². The molecule has 1 aliphatic rings. The summed E-state index contributed by atoms with van der Waals surface area (Å²) in [7, 11) is 0. The molecule has 21 heavy (non-hydrogen) atoms. The molecular weight excluding hydrogens is 352 g/mol. The van der Waals surface area contributed by atoms with Crippen LogP contribution >= 0.6 is 27.5 Å². The molecule has 0 spiro atoms. The van der Waals surface area contributed by atoms with E-state index < -0.39 is 0 Å². The van der Waals surface area contributed by atoms with Crippen LogP contribution in [0.1, 0.15) is 28.3 Å². The zero-order valence-electron chi connectivity index (χ0n) is 11.4. The molecule has 0 aliphatic carbocycles. The Labute approximate surface area is 136 Å². The van der Waals surface area contributed by atoms with Crippen LogP contribution in [0.4, 0.5) is 5.69 Å². The molecule has 1 heterocycles. The molecule has 5 heteroatoms. The number of hydrogen-bond acceptors (Lipinski definition) is 2. The smallest absolute Gasteiger partial charge is 0.228 e. The van der Waals surface area contributed by atoms with Gasteiger partial charge in [-0.2, -0.15) is 0 Å². The van der Waals surface area contributed by atoms with Crippen molar-refractivity contribution in [1.82, 2.24) is 0 Å². The summed E-state index contributed by atoms with van der Waals surface area (Å²) in [4.78, 5) is 11.5. The van der Waals surface area contributed by atoms with Gasteiger partial charge >= 0.3 is 0 Å². The van der Waals surface area contributed by atoms with Crippen molar-refractivity contribution in [1.29, 1.82) is 0 Å². The Morgan fingerprint density at radius 3 is 2.81 bits per heavy atom. The topological polar surface area (TPSA) is 55.1 Å². The molecule has 1 aliphatic heterocycles. The maximum Gasteiger partial charge on any atom is 0.228 e. The average molecular weight is 366 g/mol. The molecule has 0 aromatic heterocycles. The molecule has 3 N–H and O–H groups in total. The first kappa shape index (κ1) is 14.6. The van der Waals surface area contributed by atoms with Gasteiger partial charge in [0.1, 0.15) is 0 Å². The standard InChI is InChI=1S/C16H14BrClN2O/c1-8-2-3-9(5-12(8)17)16(19)11-4-10-6-15(21)20-14(10)7-13(11)18/h2-5,7,16H,6,19H2,1H3,(H,20,21). The van der Waals surface area contributed by atoms with Crippen molar-refractivity contribution >= 4 is 39.1 Å². The van der Waals surface area contributed by atoms with Crippen molar-refractivity contribution in [2.24, 2.45) is 5.73 Å². The minimum atomic E-state index is -0.324. The first-order chi connectivity index (χ1) is 9.95. The fraction of sp³-hybridized carbons (Fsp3) is 0.188. The van der Waals surface area contributed by atoms with Crippen LogP contribution in [0.5, 0.6) is 0 Å². The number of carbonyl (C=O) groups excluding carboxylic acids is 1. The Kier molecular flexibility index (Phi) is 3.78. The number of rotatable bonds is 2. The lowest BCUT2D eigenvalue weighted by Gasteiger charge is -2.16. The third kappa shape index (κ3) is 2.71. The number of fused-ring (bicyclic) bond motifs is 1. The van der Waals surface area contributed by atoms with Crippen molar-refractivity contribution in [3.8, 4) is 0 Å². The molecule has 2 aromatic rings. The molecular formula is C16H14BrClN2O. The van der Waals surface area contributed by atoms with Gasteiger partial charge in [-0.15, -0.1) is 0 Å². The number of carbonyl (C=O) groups is 1. The predicted octanol–water partition coefficient (Wildman–Crippen LogP) is 3.95. The highest BCUT2D eigenvalue weighted by Crippen LogP contribution is 2.35. The minimum absolute atomic E-state index is 0.00938. The number of hydrogen-bond donors (Lipinski definition) is 2. The number of nitrogens with two attached hydrogens (primary N) is 1. The lowest BCUT2D eigenvalue weighted by molar-refractivity contribution is -0.115. The van der Waals surface area contributed by atoms with Crippen molar-refractivity contribution in [2.75, 3.05) is 5.32 Å². The van der Waals surface area contributed by atoms with Gasteiger partial charge in [0, 0.05) is 15.2 Å². The molecule has 1 unspecified atom stereocenters. The highest BCUT2D eigenvalue weighted by Gasteiger charge is 2.22.